The molecule has 1 aromatic heterocycles. The molecule has 0 amide bonds. The maximum absolute atomic E-state index is 13.2. The molecule has 1 aromatic rings. The van der Waals surface area contributed by atoms with E-state index in [0.29, 0.717) is 6.54 Å². The van der Waals surface area contributed by atoms with Gasteiger partial charge in [0.1, 0.15) is 5.82 Å². The van der Waals surface area contributed by atoms with Gasteiger partial charge in [0, 0.05) is 25.4 Å². The third-order valence-corrected chi connectivity index (χ3v) is 7.49. The minimum atomic E-state index is -3.90. The highest BCUT2D eigenvalue weighted by Gasteiger charge is 2.42. The molecule has 0 fully saturated rings. The van der Waals surface area contributed by atoms with Crippen molar-refractivity contribution in [3.63, 3.8) is 0 Å². The van der Waals surface area contributed by atoms with Gasteiger partial charge in [0.05, 0.1) is 26.4 Å². The van der Waals surface area contributed by atoms with Crippen molar-refractivity contribution in [1.82, 2.24) is 15.3 Å². The average molecular weight is 441 g/mol. The minimum Gasteiger partial charge on any atom is -0.349 e. The molecular weight excluding hydrogens is 408 g/mol. The molecule has 0 aliphatic rings. The van der Waals surface area contributed by atoms with Gasteiger partial charge < -0.3 is 19.3 Å². The van der Waals surface area contributed by atoms with E-state index in [1.54, 1.807) is 40.1 Å². The molecule has 164 valence electrons. The van der Waals surface area contributed by atoms with E-state index in [1.807, 2.05) is 0 Å². The van der Waals surface area contributed by atoms with E-state index in [-0.39, 0.29) is 33.0 Å². The summed E-state index contributed by atoms with van der Waals surface area (Å²) in [5.74, 6) is -0.249. The van der Waals surface area contributed by atoms with E-state index >= 15 is 0 Å². The minimum absolute atomic E-state index is 0.0968. The van der Waals surface area contributed by atoms with Crippen LogP contribution in [0, 0.1) is 0 Å². The molecule has 0 saturated carbocycles. The van der Waals surface area contributed by atoms with Gasteiger partial charge in [-0.25, -0.2) is 9.55 Å². The normalized spacial score (nSPS) is 13.7. The van der Waals surface area contributed by atoms with Crippen LogP contribution in [-0.2, 0) is 38.2 Å². The number of imidazole rings is 1. The third kappa shape index (κ3) is 8.84. The summed E-state index contributed by atoms with van der Waals surface area (Å²) < 4.78 is 52.6. The van der Waals surface area contributed by atoms with Gasteiger partial charge in [-0.3, -0.25) is 18.1 Å². The fourth-order valence-corrected chi connectivity index (χ4v) is 5.86. The summed E-state index contributed by atoms with van der Waals surface area (Å²) in [6.07, 6.45) is 5.02. The van der Waals surface area contributed by atoms with Crippen molar-refractivity contribution in [2.45, 2.75) is 46.4 Å². The van der Waals surface area contributed by atoms with Crippen molar-refractivity contribution in [3.8, 4) is 0 Å². The highest BCUT2D eigenvalue weighted by atomic mass is 31.2. The van der Waals surface area contributed by atoms with E-state index < -0.39 is 21.3 Å². The molecule has 12 heteroatoms. The molecule has 1 atom stereocenters. The van der Waals surface area contributed by atoms with E-state index in [0.717, 1.165) is 18.7 Å². The Hall–Kier alpha value is -0.570. The Bertz CT molecular complexity index is 595. The molecule has 0 aliphatic heterocycles. The predicted molar refractivity (Wildman–Crippen MR) is 106 cm³/mol. The van der Waals surface area contributed by atoms with Gasteiger partial charge in [-0.1, -0.05) is 0 Å². The van der Waals surface area contributed by atoms with Crippen LogP contribution in [0.2, 0.25) is 0 Å². The molecule has 0 saturated heterocycles. The first-order valence-corrected chi connectivity index (χ1v) is 12.7. The van der Waals surface area contributed by atoms with Crippen LogP contribution in [0.25, 0.3) is 0 Å². The van der Waals surface area contributed by atoms with Crippen LogP contribution in [0.3, 0.4) is 0 Å². The van der Waals surface area contributed by atoms with Crippen LogP contribution in [0.4, 0.5) is 0 Å². The van der Waals surface area contributed by atoms with Crippen molar-refractivity contribution >= 4 is 15.4 Å². The first-order chi connectivity index (χ1) is 13.4. The zero-order chi connectivity index (χ0) is 20.9. The lowest BCUT2D eigenvalue weighted by Crippen LogP contribution is -2.31. The van der Waals surface area contributed by atoms with Crippen LogP contribution in [0.15, 0.2) is 12.4 Å². The lowest BCUT2D eigenvalue weighted by molar-refractivity contribution is 0.0890. The molecule has 2 N–H and O–H groups in total. The largest absolute Gasteiger partial charge is 0.475 e. The van der Waals surface area contributed by atoms with Gasteiger partial charge in [-0.05, 0) is 40.7 Å². The third-order valence-electron chi connectivity index (χ3n) is 3.44. The summed E-state index contributed by atoms with van der Waals surface area (Å²) in [6, 6.07) is 0. The molecule has 10 nitrogen and oxygen atoms in total. The predicted octanol–water partition coefficient (Wildman–Crippen LogP) is 3.72. The van der Waals surface area contributed by atoms with E-state index in [9.17, 15) is 9.13 Å². The number of hydrogen-bond acceptors (Lipinski definition) is 9. The summed E-state index contributed by atoms with van der Waals surface area (Å²) in [7, 11) is -7.61. The van der Waals surface area contributed by atoms with Crippen LogP contribution >= 0.6 is 15.4 Å². The number of phosphoric acid groups is 1. The first kappa shape index (κ1) is 25.5. The Morgan fingerprint density at radius 1 is 1.04 bits per heavy atom. The molecule has 0 spiro atoms. The second kappa shape index (κ2) is 13.6. The Morgan fingerprint density at radius 3 is 2.14 bits per heavy atom. The monoisotopic (exact) mass is 441 g/mol. The Morgan fingerprint density at radius 2 is 1.64 bits per heavy atom. The van der Waals surface area contributed by atoms with Gasteiger partial charge >= 0.3 is 15.4 Å². The lowest BCUT2D eigenvalue weighted by Gasteiger charge is -2.29. The number of phosphoric ester groups is 1. The van der Waals surface area contributed by atoms with Crippen LogP contribution in [0.1, 0.15) is 39.9 Å². The molecule has 0 aromatic carbocycles. The maximum Gasteiger partial charge on any atom is 0.475 e. The Labute approximate surface area is 167 Å². The van der Waals surface area contributed by atoms with E-state index in [1.165, 1.54) is 0 Å². The quantitative estimate of drug-likeness (QED) is 0.275. The van der Waals surface area contributed by atoms with Gasteiger partial charge in [-0.2, -0.15) is 0 Å². The summed E-state index contributed by atoms with van der Waals surface area (Å²) in [4.78, 5) is 7.20. The number of nitrogens with one attached hydrogen (secondary N) is 2. The van der Waals surface area contributed by atoms with Crippen LogP contribution in [0.5, 0.6) is 0 Å². The highest BCUT2D eigenvalue weighted by molar-refractivity contribution is 7.56. The number of aromatic nitrogens is 2. The zero-order valence-electron chi connectivity index (χ0n) is 17.1. The van der Waals surface area contributed by atoms with Crippen molar-refractivity contribution in [1.29, 1.82) is 0 Å². The molecule has 0 aliphatic carbocycles. The average Bonchev–Trinajstić information content (AvgIpc) is 3.14. The number of hydrogen-bond donors (Lipinski definition) is 2. The maximum atomic E-state index is 13.2. The summed E-state index contributed by atoms with van der Waals surface area (Å²) in [6.45, 7) is 7.98. The fraction of sp³-hybridized carbons (Fsp3) is 0.812. The summed E-state index contributed by atoms with van der Waals surface area (Å²) in [5.41, 5.74) is 0. The molecular formula is C16H33N3O7P2. The Balaban J connectivity index is 2.77. The van der Waals surface area contributed by atoms with Crippen molar-refractivity contribution in [3.05, 3.63) is 18.2 Å². The zero-order valence-corrected chi connectivity index (χ0v) is 18.9. The van der Waals surface area contributed by atoms with E-state index in [2.05, 4.69) is 15.3 Å². The summed E-state index contributed by atoms with van der Waals surface area (Å²) >= 11 is 0. The molecule has 0 radical (unpaired) electrons. The molecule has 1 unspecified atom stereocenters. The summed E-state index contributed by atoms with van der Waals surface area (Å²) in [5, 5.41) is 3.15. The van der Waals surface area contributed by atoms with Gasteiger partial charge in [0.15, 0.2) is 5.85 Å². The van der Waals surface area contributed by atoms with Crippen LogP contribution in [-0.4, -0.2) is 55.3 Å². The van der Waals surface area contributed by atoms with Gasteiger partial charge in [0.25, 0.3) is 0 Å². The van der Waals surface area contributed by atoms with Gasteiger partial charge in [-0.15, -0.1) is 0 Å². The SMILES string of the molecule is CCOP(=O)(OCC)OC(CNCCCc1ncc[nH]1)P(=O)(OCC)OCC. The highest BCUT2D eigenvalue weighted by Crippen LogP contribution is 2.60. The van der Waals surface area contributed by atoms with Gasteiger partial charge in [0.2, 0.25) is 0 Å². The number of H-pyrrole nitrogens is 1. The smallest absolute Gasteiger partial charge is 0.349 e. The fourth-order valence-electron chi connectivity index (χ4n) is 2.37. The second-order valence-corrected chi connectivity index (χ2v) is 9.36. The number of rotatable bonds is 17. The van der Waals surface area contributed by atoms with Crippen LogP contribution < -0.4 is 5.32 Å². The lowest BCUT2D eigenvalue weighted by atomic mass is 10.3. The van der Waals surface area contributed by atoms with Crippen molar-refractivity contribution < 1.29 is 31.7 Å². The standard InChI is InChI=1S/C16H33N3O7P2/c1-5-22-27(20,23-6-2)16(26-28(21,24-7-3)25-8-4)14-17-11-9-10-15-18-12-13-19-15/h12-13,16-17H,5-11,14H2,1-4H3,(H,18,19). The molecule has 1 heterocycles. The van der Waals surface area contributed by atoms with Crippen molar-refractivity contribution in [2.75, 3.05) is 39.5 Å². The van der Waals surface area contributed by atoms with E-state index in [4.69, 9.17) is 22.6 Å². The number of aromatic amines is 1. The molecule has 0 bridgehead atoms. The second-order valence-electron chi connectivity index (χ2n) is 5.56. The number of aryl methyl sites for hydroxylation is 1. The topological polar surface area (TPSA) is 121 Å². The van der Waals surface area contributed by atoms with Crippen molar-refractivity contribution in [2.24, 2.45) is 0 Å². The first-order valence-electron chi connectivity index (χ1n) is 9.58. The molecule has 1 rings (SSSR count). The Kier molecular flexibility index (Phi) is 12.4. The molecule has 28 heavy (non-hydrogen) atoms. The number of nitrogens with zero attached hydrogens (tertiary/aromatic N) is 1.